The van der Waals surface area contributed by atoms with E-state index in [4.69, 9.17) is 23.1 Å². The van der Waals surface area contributed by atoms with Crippen molar-refractivity contribution in [2.24, 2.45) is 5.73 Å². The minimum absolute atomic E-state index is 0.222. The highest BCUT2D eigenvalue weighted by atomic mass is 32.1. The lowest BCUT2D eigenvalue weighted by Gasteiger charge is -2.27. The van der Waals surface area contributed by atoms with E-state index in [1.54, 1.807) is 0 Å². The van der Waals surface area contributed by atoms with Crippen molar-refractivity contribution < 1.29 is 5.11 Å². The molecule has 0 aromatic heterocycles. The van der Waals surface area contributed by atoms with Gasteiger partial charge in [0.1, 0.15) is 4.99 Å². The average molecular weight is 266 g/mol. The van der Waals surface area contributed by atoms with Gasteiger partial charge in [0.15, 0.2) is 0 Å². The highest BCUT2D eigenvalue weighted by Gasteiger charge is 2.12. The maximum absolute atomic E-state index is 8.94. The van der Waals surface area contributed by atoms with Crippen LogP contribution in [0.25, 0.3) is 0 Å². The minimum Gasteiger partial charge on any atom is -0.396 e. The van der Waals surface area contributed by atoms with E-state index in [0.29, 0.717) is 11.0 Å². The molecule has 0 fully saturated rings. The Morgan fingerprint density at radius 3 is 2.61 bits per heavy atom. The Morgan fingerprint density at radius 1 is 1.39 bits per heavy atom. The van der Waals surface area contributed by atoms with Gasteiger partial charge in [-0.3, -0.25) is 4.90 Å². The lowest BCUT2D eigenvalue weighted by atomic mass is 10.1. The maximum Gasteiger partial charge on any atom is 0.104 e. The zero-order valence-electron chi connectivity index (χ0n) is 11.1. The van der Waals surface area contributed by atoms with Crippen LogP contribution in [0.4, 0.5) is 0 Å². The van der Waals surface area contributed by atoms with E-state index >= 15 is 0 Å². The smallest absolute Gasteiger partial charge is 0.104 e. The lowest BCUT2D eigenvalue weighted by molar-refractivity contribution is 0.185. The Morgan fingerprint density at radius 2 is 2.06 bits per heavy atom. The quantitative estimate of drug-likeness (QED) is 0.740. The molecule has 0 bridgehead atoms. The van der Waals surface area contributed by atoms with Gasteiger partial charge in [-0.25, -0.2) is 0 Å². The molecule has 4 heteroatoms. The SMILES string of the molecule is CC(C)N(CCCO)Cc1ccccc1C(N)=S. The van der Waals surface area contributed by atoms with Crippen LogP contribution in [-0.2, 0) is 6.54 Å². The van der Waals surface area contributed by atoms with Crippen LogP contribution in [0.3, 0.4) is 0 Å². The van der Waals surface area contributed by atoms with Gasteiger partial charge in [-0.05, 0) is 25.8 Å². The number of aliphatic hydroxyl groups excluding tert-OH is 1. The molecule has 1 rings (SSSR count). The van der Waals surface area contributed by atoms with Gasteiger partial charge in [-0.15, -0.1) is 0 Å². The molecular weight excluding hydrogens is 244 g/mol. The Bertz CT molecular complexity index is 393. The molecular formula is C14H22N2OS. The number of thiocarbonyl (C=S) groups is 1. The van der Waals surface area contributed by atoms with Crippen molar-refractivity contribution in [1.82, 2.24) is 4.90 Å². The predicted octanol–water partition coefficient (Wildman–Crippen LogP) is 1.91. The van der Waals surface area contributed by atoms with Gasteiger partial charge in [0, 0.05) is 31.3 Å². The second-order valence-electron chi connectivity index (χ2n) is 4.66. The molecule has 0 aliphatic heterocycles. The summed E-state index contributed by atoms with van der Waals surface area (Å²) < 4.78 is 0. The van der Waals surface area contributed by atoms with Gasteiger partial charge in [0.25, 0.3) is 0 Å². The molecule has 1 aromatic carbocycles. The predicted molar refractivity (Wildman–Crippen MR) is 79.6 cm³/mol. The summed E-state index contributed by atoms with van der Waals surface area (Å²) in [5, 5.41) is 8.94. The van der Waals surface area contributed by atoms with Crippen molar-refractivity contribution in [1.29, 1.82) is 0 Å². The van der Waals surface area contributed by atoms with Crippen molar-refractivity contribution in [3.8, 4) is 0 Å². The molecule has 0 heterocycles. The van der Waals surface area contributed by atoms with E-state index in [-0.39, 0.29) is 6.61 Å². The zero-order valence-corrected chi connectivity index (χ0v) is 11.9. The molecule has 0 saturated carbocycles. The summed E-state index contributed by atoms with van der Waals surface area (Å²) in [5.74, 6) is 0. The second-order valence-corrected chi connectivity index (χ2v) is 5.10. The fourth-order valence-corrected chi connectivity index (χ4v) is 2.11. The molecule has 18 heavy (non-hydrogen) atoms. The van der Waals surface area contributed by atoms with Crippen molar-refractivity contribution >= 4 is 17.2 Å². The number of hydrogen-bond acceptors (Lipinski definition) is 3. The molecule has 0 radical (unpaired) electrons. The molecule has 3 N–H and O–H groups in total. The molecule has 0 atom stereocenters. The van der Waals surface area contributed by atoms with E-state index in [0.717, 1.165) is 30.6 Å². The first-order chi connectivity index (χ1) is 8.56. The molecule has 1 aromatic rings. The Kier molecular flexibility index (Phi) is 6.25. The van der Waals surface area contributed by atoms with E-state index < -0.39 is 0 Å². The summed E-state index contributed by atoms with van der Waals surface area (Å²) in [5.41, 5.74) is 7.84. The van der Waals surface area contributed by atoms with Crippen molar-refractivity contribution in [2.75, 3.05) is 13.2 Å². The van der Waals surface area contributed by atoms with Gasteiger partial charge in [0.05, 0.1) is 0 Å². The summed E-state index contributed by atoms with van der Waals surface area (Å²) in [7, 11) is 0. The number of nitrogens with two attached hydrogens (primary N) is 1. The lowest BCUT2D eigenvalue weighted by Crippen LogP contribution is -2.32. The van der Waals surface area contributed by atoms with Crippen LogP contribution in [0.1, 0.15) is 31.4 Å². The Hall–Kier alpha value is -0.970. The molecule has 3 nitrogen and oxygen atoms in total. The monoisotopic (exact) mass is 266 g/mol. The third-order valence-corrected chi connectivity index (χ3v) is 3.21. The normalized spacial score (nSPS) is 11.2. The summed E-state index contributed by atoms with van der Waals surface area (Å²) in [6.45, 7) is 6.21. The largest absolute Gasteiger partial charge is 0.396 e. The van der Waals surface area contributed by atoms with E-state index in [2.05, 4.69) is 24.8 Å². The molecule has 100 valence electrons. The summed E-state index contributed by atoms with van der Waals surface area (Å²) in [4.78, 5) is 2.75. The topological polar surface area (TPSA) is 49.5 Å². The minimum atomic E-state index is 0.222. The third-order valence-electron chi connectivity index (χ3n) is 2.99. The number of benzene rings is 1. The van der Waals surface area contributed by atoms with Crippen LogP contribution < -0.4 is 5.73 Å². The van der Waals surface area contributed by atoms with Crippen LogP contribution in [0.15, 0.2) is 24.3 Å². The van der Waals surface area contributed by atoms with Gasteiger partial charge in [-0.1, -0.05) is 36.5 Å². The van der Waals surface area contributed by atoms with Crippen LogP contribution in [-0.4, -0.2) is 34.2 Å². The standard InChI is InChI=1S/C14H22N2OS/c1-11(2)16(8-5-9-17)10-12-6-3-4-7-13(12)14(15)18/h3-4,6-7,11,17H,5,8-10H2,1-2H3,(H2,15,18). The number of aliphatic hydroxyl groups is 1. The van der Waals surface area contributed by atoms with E-state index in [9.17, 15) is 0 Å². The van der Waals surface area contributed by atoms with Crippen molar-refractivity contribution in [2.45, 2.75) is 32.9 Å². The van der Waals surface area contributed by atoms with Gasteiger partial charge < -0.3 is 10.8 Å². The summed E-state index contributed by atoms with van der Waals surface area (Å²) in [6.07, 6.45) is 0.785. The van der Waals surface area contributed by atoms with E-state index in [1.165, 1.54) is 0 Å². The molecule has 0 saturated heterocycles. The van der Waals surface area contributed by atoms with Gasteiger partial charge in [-0.2, -0.15) is 0 Å². The van der Waals surface area contributed by atoms with Crippen LogP contribution in [0.2, 0.25) is 0 Å². The molecule has 0 amide bonds. The third kappa shape index (κ3) is 4.37. The first-order valence-electron chi connectivity index (χ1n) is 6.29. The molecule has 0 aliphatic carbocycles. The molecule has 0 unspecified atom stereocenters. The van der Waals surface area contributed by atoms with Gasteiger partial charge >= 0.3 is 0 Å². The zero-order chi connectivity index (χ0) is 13.5. The number of nitrogens with zero attached hydrogens (tertiary/aromatic N) is 1. The first-order valence-corrected chi connectivity index (χ1v) is 6.69. The second kappa shape index (κ2) is 7.46. The van der Waals surface area contributed by atoms with Crippen molar-refractivity contribution in [3.63, 3.8) is 0 Å². The first kappa shape index (κ1) is 15.1. The number of hydrogen-bond donors (Lipinski definition) is 2. The van der Waals surface area contributed by atoms with Gasteiger partial charge in [0.2, 0.25) is 0 Å². The average Bonchev–Trinajstić information content (AvgIpc) is 2.34. The van der Waals surface area contributed by atoms with Crippen LogP contribution in [0, 0.1) is 0 Å². The highest BCUT2D eigenvalue weighted by Crippen LogP contribution is 2.14. The van der Waals surface area contributed by atoms with Crippen LogP contribution >= 0.6 is 12.2 Å². The number of rotatable bonds is 7. The fraction of sp³-hybridized carbons (Fsp3) is 0.500. The van der Waals surface area contributed by atoms with Crippen LogP contribution in [0.5, 0.6) is 0 Å². The Balaban J connectivity index is 2.83. The van der Waals surface area contributed by atoms with E-state index in [1.807, 2.05) is 18.2 Å². The summed E-state index contributed by atoms with van der Waals surface area (Å²) >= 11 is 5.07. The molecule has 0 aliphatic rings. The summed E-state index contributed by atoms with van der Waals surface area (Å²) in [6, 6.07) is 8.40. The highest BCUT2D eigenvalue weighted by molar-refractivity contribution is 7.80. The van der Waals surface area contributed by atoms with Crippen molar-refractivity contribution in [3.05, 3.63) is 35.4 Å². The maximum atomic E-state index is 8.94. The Labute approximate surface area is 115 Å². The molecule has 0 spiro atoms. The fourth-order valence-electron chi connectivity index (χ4n) is 1.91.